The van der Waals surface area contributed by atoms with Crippen LogP contribution in [0.5, 0.6) is 0 Å². The van der Waals surface area contributed by atoms with Gasteiger partial charge in [-0.3, -0.25) is 4.98 Å². The smallest absolute Gasteiger partial charge is 0.162 e. The maximum atomic E-state index is 5.79. The van der Waals surface area contributed by atoms with E-state index in [1.54, 1.807) is 0 Å². The van der Waals surface area contributed by atoms with E-state index in [-0.39, 0.29) is 0 Å². The van der Waals surface area contributed by atoms with Crippen molar-refractivity contribution in [3.05, 3.63) is 42.1 Å². The number of aryl methyl sites for hydroxylation is 1. The summed E-state index contributed by atoms with van der Waals surface area (Å²) >= 11 is 0. The van der Waals surface area contributed by atoms with Crippen LogP contribution in [-0.2, 0) is 4.74 Å². The minimum Gasteiger partial charge on any atom is -0.399 e. The zero-order valence-corrected chi connectivity index (χ0v) is 13.6. The van der Waals surface area contributed by atoms with Crippen molar-refractivity contribution < 1.29 is 4.74 Å². The number of nitrogen functional groups attached to an aromatic ring is 1. The summed E-state index contributed by atoms with van der Waals surface area (Å²) in [5.74, 6) is 1.56. The third-order valence-electron chi connectivity index (χ3n) is 4.13. The van der Waals surface area contributed by atoms with Gasteiger partial charge in [-0.25, -0.2) is 9.97 Å². The minimum atomic E-state index is 0.691. The number of ether oxygens (including phenoxy) is 1. The number of hydrogen-bond acceptors (Lipinski definition) is 6. The van der Waals surface area contributed by atoms with Gasteiger partial charge in [-0.2, -0.15) is 0 Å². The SMILES string of the molecule is Cc1cnc2c(N3CCOCC3)nc(-c3ccc(N)cc3)nc2c1. The molecule has 1 aliphatic heterocycles. The monoisotopic (exact) mass is 321 g/mol. The van der Waals surface area contributed by atoms with Gasteiger partial charge in [0.25, 0.3) is 0 Å². The van der Waals surface area contributed by atoms with Gasteiger partial charge in [0.15, 0.2) is 11.6 Å². The number of benzene rings is 1. The van der Waals surface area contributed by atoms with Crippen molar-refractivity contribution in [2.24, 2.45) is 0 Å². The van der Waals surface area contributed by atoms with Crippen molar-refractivity contribution in [1.82, 2.24) is 15.0 Å². The first kappa shape index (κ1) is 14.8. The molecule has 0 aliphatic carbocycles. The van der Waals surface area contributed by atoms with Crippen molar-refractivity contribution >= 4 is 22.5 Å². The Balaban J connectivity index is 1.89. The van der Waals surface area contributed by atoms with Crippen molar-refractivity contribution in [1.29, 1.82) is 0 Å². The highest BCUT2D eigenvalue weighted by Crippen LogP contribution is 2.27. The Kier molecular flexibility index (Phi) is 3.74. The molecule has 4 rings (SSSR count). The van der Waals surface area contributed by atoms with Crippen LogP contribution in [0.2, 0.25) is 0 Å². The van der Waals surface area contributed by atoms with E-state index in [1.807, 2.05) is 37.4 Å². The predicted octanol–water partition coefficient (Wildman–Crippen LogP) is 2.42. The van der Waals surface area contributed by atoms with E-state index in [2.05, 4.69) is 16.0 Å². The Morgan fingerprint density at radius 3 is 2.58 bits per heavy atom. The van der Waals surface area contributed by atoms with Gasteiger partial charge in [-0.1, -0.05) is 0 Å². The van der Waals surface area contributed by atoms with Crippen LogP contribution >= 0.6 is 0 Å². The average Bonchev–Trinajstić information content (AvgIpc) is 2.62. The largest absolute Gasteiger partial charge is 0.399 e. The topological polar surface area (TPSA) is 77.2 Å². The summed E-state index contributed by atoms with van der Waals surface area (Å²) in [5, 5.41) is 0. The fourth-order valence-corrected chi connectivity index (χ4v) is 2.86. The molecule has 0 radical (unpaired) electrons. The normalized spacial score (nSPS) is 15.0. The van der Waals surface area contributed by atoms with Crippen LogP contribution in [-0.4, -0.2) is 41.3 Å². The molecule has 0 unspecified atom stereocenters. The third-order valence-corrected chi connectivity index (χ3v) is 4.13. The molecule has 1 saturated heterocycles. The van der Waals surface area contributed by atoms with E-state index >= 15 is 0 Å². The van der Waals surface area contributed by atoms with Crippen LogP contribution in [0.15, 0.2) is 36.5 Å². The Hall–Kier alpha value is -2.73. The molecule has 122 valence electrons. The lowest BCUT2D eigenvalue weighted by atomic mass is 10.2. The quantitative estimate of drug-likeness (QED) is 0.730. The Labute approximate surface area is 140 Å². The number of morpholine rings is 1. The number of hydrogen-bond donors (Lipinski definition) is 1. The maximum absolute atomic E-state index is 5.79. The first-order valence-corrected chi connectivity index (χ1v) is 8.04. The van der Waals surface area contributed by atoms with Gasteiger partial charge in [0.2, 0.25) is 0 Å². The van der Waals surface area contributed by atoms with E-state index in [1.165, 1.54) is 0 Å². The molecule has 1 fully saturated rings. The van der Waals surface area contributed by atoms with Crippen LogP contribution in [0.1, 0.15) is 5.56 Å². The highest BCUT2D eigenvalue weighted by molar-refractivity contribution is 5.87. The number of fused-ring (bicyclic) bond motifs is 1. The molecule has 6 heteroatoms. The van der Waals surface area contributed by atoms with Gasteiger partial charge in [0, 0.05) is 30.5 Å². The lowest BCUT2D eigenvalue weighted by Crippen LogP contribution is -2.37. The number of anilines is 2. The summed E-state index contributed by atoms with van der Waals surface area (Å²) in [4.78, 5) is 16.3. The Bertz CT molecular complexity index is 872. The van der Waals surface area contributed by atoms with Crippen LogP contribution < -0.4 is 10.6 Å². The third kappa shape index (κ3) is 2.76. The second-order valence-corrected chi connectivity index (χ2v) is 5.97. The lowest BCUT2D eigenvalue weighted by molar-refractivity contribution is 0.122. The Morgan fingerprint density at radius 2 is 1.83 bits per heavy atom. The van der Waals surface area contributed by atoms with Crippen molar-refractivity contribution in [3.8, 4) is 11.4 Å². The van der Waals surface area contributed by atoms with Crippen LogP contribution in [0.3, 0.4) is 0 Å². The fourth-order valence-electron chi connectivity index (χ4n) is 2.86. The number of nitrogens with two attached hydrogens (primary N) is 1. The van der Waals surface area contributed by atoms with E-state index in [0.29, 0.717) is 19.0 Å². The molecule has 0 saturated carbocycles. The van der Waals surface area contributed by atoms with Crippen LogP contribution in [0.25, 0.3) is 22.4 Å². The van der Waals surface area contributed by atoms with Gasteiger partial charge < -0.3 is 15.4 Å². The second-order valence-electron chi connectivity index (χ2n) is 5.97. The summed E-state index contributed by atoms with van der Waals surface area (Å²) in [5.41, 5.74) is 10.2. The molecule has 0 spiro atoms. The molecular weight excluding hydrogens is 302 g/mol. The summed E-state index contributed by atoms with van der Waals surface area (Å²) in [6.45, 7) is 5.04. The highest BCUT2D eigenvalue weighted by Gasteiger charge is 2.19. The summed E-state index contributed by atoms with van der Waals surface area (Å²) in [6.07, 6.45) is 1.86. The summed E-state index contributed by atoms with van der Waals surface area (Å²) in [7, 11) is 0. The molecule has 2 N–H and O–H groups in total. The van der Waals surface area contributed by atoms with Crippen LogP contribution in [0, 0.1) is 6.92 Å². The van der Waals surface area contributed by atoms with E-state index in [9.17, 15) is 0 Å². The Morgan fingerprint density at radius 1 is 1.08 bits per heavy atom. The van der Waals surface area contributed by atoms with E-state index < -0.39 is 0 Å². The number of nitrogens with zero attached hydrogens (tertiary/aromatic N) is 4. The molecule has 0 bridgehead atoms. The zero-order chi connectivity index (χ0) is 16.5. The van der Waals surface area contributed by atoms with Gasteiger partial charge >= 0.3 is 0 Å². The van der Waals surface area contributed by atoms with Gasteiger partial charge in [-0.05, 0) is 42.8 Å². The van der Waals surface area contributed by atoms with Crippen LogP contribution in [0.4, 0.5) is 11.5 Å². The summed E-state index contributed by atoms with van der Waals surface area (Å²) in [6, 6.07) is 9.68. The minimum absolute atomic E-state index is 0.691. The van der Waals surface area contributed by atoms with Crippen molar-refractivity contribution in [2.45, 2.75) is 6.92 Å². The maximum Gasteiger partial charge on any atom is 0.162 e. The highest BCUT2D eigenvalue weighted by atomic mass is 16.5. The number of pyridine rings is 1. The van der Waals surface area contributed by atoms with E-state index in [0.717, 1.165) is 46.8 Å². The molecule has 2 aromatic heterocycles. The zero-order valence-electron chi connectivity index (χ0n) is 13.6. The number of rotatable bonds is 2. The second kappa shape index (κ2) is 6.05. The van der Waals surface area contributed by atoms with Gasteiger partial charge in [-0.15, -0.1) is 0 Å². The number of aromatic nitrogens is 3. The molecule has 6 nitrogen and oxygen atoms in total. The average molecular weight is 321 g/mol. The molecule has 0 amide bonds. The molecule has 24 heavy (non-hydrogen) atoms. The van der Waals surface area contributed by atoms with Gasteiger partial charge in [0.05, 0.1) is 18.7 Å². The lowest BCUT2D eigenvalue weighted by Gasteiger charge is -2.28. The standard InChI is InChI=1S/C18H19N5O/c1-12-10-15-16(20-11-12)18(23-6-8-24-9-7-23)22-17(21-15)13-2-4-14(19)5-3-13/h2-5,10-11H,6-9,19H2,1H3. The van der Waals surface area contributed by atoms with E-state index in [4.69, 9.17) is 20.4 Å². The predicted molar refractivity (Wildman–Crippen MR) is 95.0 cm³/mol. The molecule has 3 aromatic rings. The molecule has 0 atom stereocenters. The van der Waals surface area contributed by atoms with Gasteiger partial charge in [0.1, 0.15) is 5.52 Å². The molecule has 3 heterocycles. The first-order chi connectivity index (χ1) is 11.7. The molecule has 1 aliphatic rings. The van der Waals surface area contributed by atoms with Crippen molar-refractivity contribution in [2.75, 3.05) is 36.9 Å². The summed E-state index contributed by atoms with van der Waals surface area (Å²) < 4.78 is 5.46. The first-order valence-electron chi connectivity index (χ1n) is 8.04. The molecular formula is C18H19N5O. The fraction of sp³-hybridized carbons (Fsp3) is 0.278. The van der Waals surface area contributed by atoms with Crippen molar-refractivity contribution in [3.63, 3.8) is 0 Å². The molecule has 1 aromatic carbocycles.